The van der Waals surface area contributed by atoms with Crippen LogP contribution in [0, 0.1) is 11.8 Å². The fourth-order valence-corrected chi connectivity index (χ4v) is 8.31. The quantitative estimate of drug-likeness (QED) is 0.482. The summed E-state index contributed by atoms with van der Waals surface area (Å²) in [7, 11) is -3.08. The second-order valence-corrected chi connectivity index (χ2v) is 11.4. The molecule has 1 aliphatic carbocycles. The molecule has 0 aromatic heterocycles. The second-order valence-electron chi connectivity index (χ2n) is 8.09. The summed E-state index contributed by atoms with van der Waals surface area (Å²) in [6, 6.07) is 30.0. The van der Waals surface area contributed by atoms with Crippen molar-refractivity contribution in [2.24, 2.45) is 11.8 Å². The SMILES string of the molecule is O=C(O)C1CCC(C(=O)O[Si](c2ccccc2)(c2ccccc2)c2ccccc2)CC1. The third-order valence-corrected chi connectivity index (χ3v) is 10.2. The van der Waals surface area contributed by atoms with E-state index in [0.717, 1.165) is 15.6 Å². The fraction of sp³-hybridized carbons (Fsp3) is 0.231. The number of carbonyl (C=O) groups excluding carboxylic acids is 1. The van der Waals surface area contributed by atoms with Crippen LogP contribution in [0.1, 0.15) is 25.7 Å². The van der Waals surface area contributed by atoms with Gasteiger partial charge in [0.1, 0.15) is 0 Å². The van der Waals surface area contributed by atoms with E-state index in [1.165, 1.54) is 0 Å². The minimum absolute atomic E-state index is 0.216. The number of carboxylic acids is 1. The molecule has 0 radical (unpaired) electrons. The Balaban J connectivity index is 1.76. The van der Waals surface area contributed by atoms with Crippen LogP contribution >= 0.6 is 0 Å². The van der Waals surface area contributed by atoms with E-state index in [1.807, 2.05) is 91.0 Å². The summed E-state index contributed by atoms with van der Waals surface area (Å²) in [5.74, 6) is -1.61. The molecule has 4 nitrogen and oxygen atoms in total. The highest BCUT2D eigenvalue weighted by Gasteiger charge is 2.46. The third kappa shape index (κ3) is 4.32. The molecular formula is C26H26O4Si. The average molecular weight is 431 g/mol. The van der Waals surface area contributed by atoms with E-state index in [1.54, 1.807) is 0 Å². The molecule has 5 heteroatoms. The van der Waals surface area contributed by atoms with E-state index >= 15 is 0 Å². The zero-order valence-corrected chi connectivity index (χ0v) is 18.3. The highest BCUT2D eigenvalue weighted by atomic mass is 28.4. The first kappa shape index (κ1) is 21.1. The number of carboxylic acid groups (broad SMARTS) is 1. The maximum atomic E-state index is 13.5. The van der Waals surface area contributed by atoms with Crippen molar-refractivity contribution in [3.8, 4) is 0 Å². The molecule has 0 amide bonds. The predicted molar refractivity (Wildman–Crippen MR) is 123 cm³/mol. The Hall–Kier alpha value is -3.18. The Morgan fingerprint density at radius 2 is 1.00 bits per heavy atom. The number of rotatable bonds is 6. The summed E-state index contributed by atoms with van der Waals surface area (Å²) >= 11 is 0. The van der Waals surface area contributed by atoms with Gasteiger partial charge < -0.3 is 9.53 Å². The Labute approximate surface area is 183 Å². The van der Waals surface area contributed by atoms with Gasteiger partial charge in [-0.15, -0.1) is 0 Å². The summed E-state index contributed by atoms with van der Waals surface area (Å²) in [4.78, 5) is 24.8. The van der Waals surface area contributed by atoms with Crippen molar-refractivity contribution in [3.05, 3.63) is 91.0 Å². The molecule has 0 atom stereocenters. The van der Waals surface area contributed by atoms with Crippen molar-refractivity contribution in [1.29, 1.82) is 0 Å². The summed E-state index contributed by atoms with van der Waals surface area (Å²) < 4.78 is 6.58. The van der Waals surface area contributed by atoms with E-state index in [2.05, 4.69) is 0 Å². The van der Waals surface area contributed by atoms with E-state index in [-0.39, 0.29) is 17.8 Å². The maximum Gasteiger partial charge on any atom is 0.350 e. The van der Waals surface area contributed by atoms with Gasteiger partial charge >= 0.3 is 14.3 Å². The first-order chi connectivity index (χ1) is 15.1. The third-order valence-electron chi connectivity index (χ3n) is 6.20. The van der Waals surface area contributed by atoms with Crippen LogP contribution in [0.2, 0.25) is 0 Å². The molecule has 158 valence electrons. The van der Waals surface area contributed by atoms with Gasteiger partial charge in [-0.25, -0.2) is 0 Å². The largest absolute Gasteiger partial charge is 0.505 e. The van der Waals surface area contributed by atoms with Crippen molar-refractivity contribution in [2.75, 3.05) is 0 Å². The van der Waals surface area contributed by atoms with Crippen LogP contribution < -0.4 is 15.6 Å². The van der Waals surface area contributed by atoms with Crippen LogP contribution in [0.15, 0.2) is 91.0 Å². The molecule has 31 heavy (non-hydrogen) atoms. The summed E-state index contributed by atoms with van der Waals surface area (Å²) in [5.41, 5.74) is 0. The first-order valence-corrected chi connectivity index (χ1v) is 12.6. The van der Waals surface area contributed by atoms with Crippen LogP contribution in [0.3, 0.4) is 0 Å². The zero-order chi connectivity index (χ0) is 21.7. The number of carbonyl (C=O) groups is 2. The molecule has 0 spiro atoms. The Morgan fingerprint density at radius 1 is 0.645 bits per heavy atom. The Kier molecular flexibility index (Phi) is 6.33. The van der Waals surface area contributed by atoms with Gasteiger partial charge in [-0.05, 0) is 41.2 Å². The lowest BCUT2D eigenvalue weighted by Gasteiger charge is -2.35. The van der Waals surface area contributed by atoms with Gasteiger partial charge in [0.05, 0.1) is 11.8 Å². The first-order valence-electron chi connectivity index (χ1n) is 10.7. The highest BCUT2D eigenvalue weighted by Crippen LogP contribution is 2.30. The molecule has 0 heterocycles. The molecule has 1 saturated carbocycles. The van der Waals surface area contributed by atoms with Crippen molar-refractivity contribution in [3.63, 3.8) is 0 Å². The maximum absolute atomic E-state index is 13.5. The van der Waals surface area contributed by atoms with Gasteiger partial charge in [-0.1, -0.05) is 91.0 Å². The zero-order valence-electron chi connectivity index (χ0n) is 17.3. The molecule has 4 rings (SSSR count). The van der Waals surface area contributed by atoms with Crippen LogP contribution in [0.4, 0.5) is 0 Å². The number of hydrogen-bond acceptors (Lipinski definition) is 3. The second kappa shape index (κ2) is 9.31. The van der Waals surface area contributed by atoms with Gasteiger partial charge in [0.15, 0.2) is 0 Å². The van der Waals surface area contributed by atoms with Crippen molar-refractivity contribution >= 4 is 35.8 Å². The van der Waals surface area contributed by atoms with E-state index < -0.39 is 14.3 Å². The average Bonchev–Trinajstić information content (AvgIpc) is 2.84. The minimum Gasteiger partial charge on any atom is -0.505 e. The number of aliphatic carboxylic acids is 1. The molecule has 3 aromatic rings. The minimum atomic E-state index is -3.08. The Morgan fingerprint density at radius 3 is 1.35 bits per heavy atom. The van der Waals surface area contributed by atoms with Gasteiger partial charge in [0.2, 0.25) is 0 Å². The normalized spacial score (nSPS) is 18.8. The molecular weight excluding hydrogens is 404 g/mol. The van der Waals surface area contributed by atoms with Crippen LogP contribution in [0.5, 0.6) is 0 Å². The lowest BCUT2D eigenvalue weighted by Crippen LogP contribution is -2.70. The lowest BCUT2D eigenvalue weighted by molar-refractivity contribution is -0.147. The highest BCUT2D eigenvalue weighted by molar-refractivity contribution is 7.07. The number of benzene rings is 3. The van der Waals surface area contributed by atoms with Gasteiger partial charge in [0, 0.05) is 0 Å². The molecule has 0 bridgehead atoms. The smallest absolute Gasteiger partial charge is 0.350 e. The predicted octanol–water partition coefficient (Wildman–Crippen LogP) is 3.09. The molecule has 0 saturated heterocycles. The monoisotopic (exact) mass is 430 g/mol. The van der Waals surface area contributed by atoms with E-state index in [0.29, 0.717) is 25.7 Å². The molecule has 0 aliphatic heterocycles. The number of hydrogen-bond donors (Lipinski definition) is 1. The molecule has 0 unspecified atom stereocenters. The summed E-state index contributed by atoms with van der Waals surface area (Å²) in [6.45, 7) is 0. The van der Waals surface area contributed by atoms with Crippen molar-refractivity contribution < 1.29 is 19.1 Å². The Bertz CT molecular complexity index is 916. The van der Waals surface area contributed by atoms with Crippen molar-refractivity contribution in [2.45, 2.75) is 25.7 Å². The fourth-order valence-electron chi connectivity index (χ4n) is 4.51. The van der Waals surface area contributed by atoms with E-state index in [4.69, 9.17) is 4.43 Å². The molecule has 3 aromatic carbocycles. The lowest BCUT2D eigenvalue weighted by atomic mass is 9.82. The van der Waals surface area contributed by atoms with Gasteiger partial charge in [-0.2, -0.15) is 0 Å². The molecule has 1 aliphatic rings. The summed E-state index contributed by atoms with van der Waals surface area (Å²) in [5, 5.41) is 12.3. The van der Waals surface area contributed by atoms with Gasteiger partial charge in [0.25, 0.3) is 5.97 Å². The molecule has 1 fully saturated rings. The summed E-state index contributed by atoms with van der Waals surface area (Å²) in [6.07, 6.45) is 2.15. The molecule has 1 N–H and O–H groups in total. The standard InChI is InChI=1S/C26H26O4Si/c27-25(28)20-16-18-21(19-17-20)26(29)30-31(22-10-4-1-5-11-22,23-12-6-2-7-13-23)24-14-8-3-9-15-24/h1-15,20-21H,16-19H2,(H,27,28). The van der Waals surface area contributed by atoms with Crippen LogP contribution in [-0.4, -0.2) is 25.4 Å². The van der Waals surface area contributed by atoms with Crippen LogP contribution in [-0.2, 0) is 14.0 Å². The van der Waals surface area contributed by atoms with Crippen LogP contribution in [0.25, 0.3) is 0 Å². The van der Waals surface area contributed by atoms with Crippen molar-refractivity contribution in [1.82, 2.24) is 0 Å². The topological polar surface area (TPSA) is 63.6 Å². The van der Waals surface area contributed by atoms with Gasteiger partial charge in [-0.3, -0.25) is 9.59 Å². The van der Waals surface area contributed by atoms with E-state index in [9.17, 15) is 14.7 Å².